The average molecular weight is 229 g/mol. The molecule has 0 aliphatic carbocycles. The number of nitrogens with zero attached hydrogens (tertiary/aromatic N) is 1. The predicted octanol–water partition coefficient (Wildman–Crippen LogP) is 1.92. The van der Waals surface area contributed by atoms with Crippen LogP contribution in [0, 0.1) is 0 Å². The van der Waals surface area contributed by atoms with Crippen LogP contribution in [0.2, 0.25) is 5.15 Å². The van der Waals surface area contributed by atoms with Gasteiger partial charge in [0.25, 0.3) is 5.88 Å². The van der Waals surface area contributed by atoms with Gasteiger partial charge in [0.1, 0.15) is 5.15 Å². The molecule has 3 N–H and O–H groups in total. The van der Waals surface area contributed by atoms with E-state index in [1.807, 2.05) is 0 Å². The fourth-order valence-electron chi connectivity index (χ4n) is 0.683. The maximum atomic E-state index is 11.7. The lowest BCUT2D eigenvalue weighted by molar-refractivity contribution is -0.276. The van der Waals surface area contributed by atoms with Gasteiger partial charge in [-0.05, 0) is 0 Å². The molecular formula is C6H4ClF3N2O2. The molecule has 14 heavy (non-hydrogen) atoms. The monoisotopic (exact) mass is 228 g/mol. The SMILES string of the molecule is Nc1cc(Cl)nc(OC(F)(F)F)c1O. The number of pyridine rings is 1. The molecule has 78 valence electrons. The van der Waals surface area contributed by atoms with Crippen molar-refractivity contribution in [2.45, 2.75) is 6.36 Å². The van der Waals surface area contributed by atoms with E-state index >= 15 is 0 Å². The molecule has 1 aromatic heterocycles. The molecule has 0 spiro atoms. The zero-order chi connectivity index (χ0) is 10.9. The smallest absolute Gasteiger partial charge is 0.502 e. The molecule has 1 aromatic rings. The quantitative estimate of drug-likeness (QED) is 0.721. The van der Waals surface area contributed by atoms with E-state index in [1.54, 1.807) is 0 Å². The van der Waals surface area contributed by atoms with Crippen LogP contribution >= 0.6 is 11.6 Å². The maximum absolute atomic E-state index is 11.7. The van der Waals surface area contributed by atoms with Gasteiger partial charge in [0, 0.05) is 6.07 Å². The Morgan fingerprint density at radius 3 is 2.57 bits per heavy atom. The third kappa shape index (κ3) is 2.56. The van der Waals surface area contributed by atoms with Crippen molar-refractivity contribution in [2.24, 2.45) is 0 Å². The van der Waals surface area contributed by atoms with Crippen LogP contribution in [-0.4, -0.2) is 16.5 Å². The van der Waals surface area contributed by atoms with Gasteiger partial charge >= 0.3 is 6.36 Å². The fraction of sp³-hybridized carbons (Fsp3) is 0.167. The van der Waals surface area contributed by atoms with Crippen molar-refractivity contribution >= 4 is 17.3 Å². The van der Waals surface area contributed by atoms with E-state index < -0.39 is 18.0 Å². The highest BCUT2D eigenvalue weighted by Crippen LogP contribution is 2.35. The van der Waals surface area contributed by atoms with E-state index in [2.05, 4.69) is 9.72 Å². The Labute approximate surface area is 81.1 Å². The molecule has 0 saturated heterocycles. The van der Waals surface area contributed by atoms with Crippen molar-refractivity contribution in [3.63, 3.8) is 0 Å². The van der Waals surface area contributed by atoms with Gasteiger partial charge in [-0.1, -0.05) is 11.6 Å². The van der Waals surface area contributed by atoms with Crippen molar-refractivity contribution in [1.29, 1.82) is 0 Å². The first-order valence-corrected chi connectivity index (χ1v) is 3.58. The minimum atomic E-state index is -4.96. The molecule has 0 aliphatic rings. The van der Waals surface area contributed by atoms with Crippen LogP contribution in [0.15, 0.2) is 6.07 Å². The summed E-state index contributed by atoms with van der Waals surface area (Å²) in [5.41, 5.74) is 4.78. The highest BCUT2D eigenvalue weighted by Gasteiger charge is 2.33. The third-order valence-electron chi connectivity index (χ3n) is 1.17. The topological polar surface area (TPSA) is 68.4 Å². The molecule has 0 bridgehead atoms. The molecule has 4 nitrogen and oxygen atoms in total. The molecular weight excluding hydrogens is 225 g/mol. The number of halogens is 4. The Bertz CT molecular complexity index is 356. The zero-order valence-electron chi connectivity index (χ0n) is 6.47. The minimum absolute atomic E-state index is 0.306. The molecule has 8 heteroatoms. The first-order chi connectivity index (χ1) is 6.29. The first-order valence-electron chi connectivity index (χ1n) is 3.20. The van der Waals surface area contributed by atoms with E-state index in [9.17, 15) is 13.2 Å². The first kappa shape index (κ1) is 10.7. The van der Waals surface area contributed by atoms with Crippen LogP contribution in [0.4, 0.5) is 18.9 Å². The molecule has 0 radical (unpaired) electrons. The normalized spacial score (nSPS) is 11.4. The molecule has 0 aromatic carbocycles. The highest BCUT2D eigenvalue weighted by molar-refractivity contribution is 6.29. The summed E-state index contributed by atoms with van der Waals surface area (Å²) in [4.78, 5) is 3.11. The fourth-order valence-corrected chi connectivity index (χ4v) is 0.877. The molecule has 0 amide bonds. The van der Waals surface area contributed by atoms with Crippen LogP contribution < -0.4 is 10.5 Å². The Morgan fingerprint density at radius 2 is 2.07 bits per heavy atom. The number of alkyl halides is 3. The number of nitrogens with two attached hydrogens (primary N) is 1. The van der Waals surface area contributed by atoms with E-state index in [1.165, 1.54) is 0 Å². The molecule has 0 atom stereocenters. The second-order valence-corrected chi connectivity index (χ2v) is 2.62. The number of anilines is 1. The van der Waals surface area contributed by atoms with Gasteiger partial charge in [-0.25, -0.2) is 0 Å². The van der Waals surface area contributed by atoms with Crippen molar-refractivity contribution < 1.29 is 23.0 Å². The molecule has 1 heterocycles. The van der Waals surface area contributed by atoms with E-state index in [0.717, 1.165) is 6.07 Å². The summed E-state index contributed by atoms with van der Waals surface area (Å²) in [6.45, 7) is 0. The Balaban J connectivity index is 3.09. The zero-order valence-corrected chi connectivity index (χ0v) is 7.23. The lowest BCUT2D eigenvalue weighted by Gasteiger charge is -2.10. The number of ether oxygens (including phenoxy) is 1. The van der Waals surface area contributed by atoms with Crippen molar-refractivity contribution in [3.05, 3.63) is 11.2 Å². The van der Waals surface area contributed by atoms with Crippen molar-refractivity contribution in [1.82, 2.24) is 4.98 Å². The summed E-state index contributed by atoms with van der Waals surface area (Å²) in [5, 5.41) is 8.71. The van der Waals surface area contributed by atoms with Gasteiger partial charge < -0.3 is 15.6 Å². The lowest BCUT2D eigenvalue weighted by Crippen LogP contribution is -2.18. The van der Waals surface area contributed by atoms with Crippen LogP contribution in [-0.2, 0) is 0 Å². The number of aromatic nitrogens is 1. The summed E-state index contributed by atoms with van der Waals surface area (Å²) in [6, 6.07) is 1.00. The lowest BCUT2D eigenvalue weighted by atomic mass is 10.4. The number of hydrogen-bond acceptors (Lipinski definition) is 4. The summed E-state index contributed by atoms with van der Waals surface area (Å²) >= 11 is 5.30. The molecule has 0 fully saturated rings. The summed E-state index contributed by atoms with van der Waals surface area (Å²) in [6.07, 6.45) is -4.96. The van der Waals surface area contributed by atoms with Gasteiger partial charge in [0.05, 0.1) is 5.69 Å². The van der Waals surface area contributed by atoms with E-state index in [-0.39, 0.29) is 10.8 Å². The second-order valence-electron chi connectivity index (χ2n) is 2.24. The van der Waals surface area contributed by atoms with E-state index in [4.69, 9.17) is 22.4 Å². The molecule has 0 aliphatic heterocycles. The van der Waals surface area contributed by atoms with Gasteiger partial charge in [0.15, 0.2) is 0 Å². The Kier molecular flexibility index (Phi) is 2.61. The van der Waals surface area contributed by atoms with Gasteiger partial charge in [-0.15, -0.1) is 13.2 Å². The molecule has 0 saturated carbocycles. The van der Waals surface area contributed by atoms with Crippen LogP contribution in [0.25, 0.3) is 0 Å². The van der Waals surface area contributed by atoms with Crippen molar-refractivity contribution in [3.8, 4) is 11.6 Å². The number of nitrogen functional groups attached to an aromatic ring is 1. The second kappa shape index (κ2) is 3.41. The van der Waals surface area contributed by atoms with E-state index in [0.29, 0.717) is 0 Å². The van der Waals surface area contributed by atoms with Gasteiger partial charge in [0.2, 0.25) is 5.75 Å². The minimum Gasteiger partial charge on any atom is -0.502 e. The number of aromatic hydroxyl groups is 1. The maximum Gasteiger partial charge on any atom is 0.574 e. The van der Waals surface area contributed by atoms with Crippen LogP contribution in [0.3, 0.4) is 0 Å². The predicted molar refractivity (Wildman–Crippen MR) is 42.0 cm³/mol. The summed E-state index contributed by atoms with van der Waals surface area (Å²) in [5.74, 6) is -1.96. The summed E-state index contributed by atoms with van der Waals surface area (Å²) < 4.78 is 38.6. The Morgan fingerprint density at radius 1 is 1.50 bits per heavy atom. The van der Waals surface area contributed by atoms with Gasteiger partial charge in [-0.3, -0.25) is 0 Å². The molecule has 1 rings (SSSR count). The van der Waals surface area contributed by atoms with Crippen LogP contribution in [0.5, 0.6) is 11.6 Å². The van der Waals surface area contributed by atoms with Gasteiger partial charge in [-0.2, -0.15) is 4.98 Å². The average Bonchev–Trinajstić information content (AvgIpc) is 1.96. The van der Waals surface area contributed by atoms with Crippen LogP contribution in [0.1, 0.15) is 0 Å². The van der Waals surface area contributed by atoms with Crippen molar-refractivity contribution in [2.75, 3.05) is 5.73 Å². The number of hydrogen-bond donors (Lipinski definition) is 2. The highest BCUT2D eigenvalue weighted by atomic mass is 35.5. The largest absolute Gasteiger partial charge is 0.574 e. The third-order valence-corrected chi connectivity index (χ3v) is 1.36. The standard InChI is InChI=1S/C6H4ClF3N2O2/c7-3-1-2(11)4(13)5(12-3)14-6(8,9)10/h1,13H,(H2,11,12). The molecule has 0 unspecified atom stereocenters. The number of rotatable bonds is 1. The Hall–Kier alpha value is -1.37. The summed E-state index contributed by atoms with van der Waals surface area (Å²) in [7, 11) is 0.